The molecule has 0 unspecified atom stereocenters. The third-order valence-corrected chi connectivity index (χ3v) is 2.58. The fourth-order valence-electron chi connectivity index (χ4n) is 1.07. The van der Waals surface area contributed by atoms with E-state index in [1.807, 2.05) is 6.07 Å². The second kappa shape index (κ2) is 8.34. The minimum absolute atomic E-state index is 0. The smallest absolute Gasteiger partial charge is 0.209 e. The molecule has 6 nitrogen and oxygen atoms in total. The number of rotatable bonds is 4. The normalized spacial score (nSPS) is 9.11. The molecule has 0 saturated carbocycles. The van der Waals surface area contributed by atoms with Crippen LogP contribution in [0.2, 0.25) is 0 Å². The minimum Gasteiger partial charge on any atom is -0.667 e. The van der Waals surface area contributed by atoms with E-state index in [-0.39, 0.29) is 45.9 Å². The molecule has 0 atom stereocenters. The van der Waals surface area contributed by atoms with Gasteiger partial charge < -0.3 is 18.0 Å². The number of thioether (sulfide) groups is 1. The molecule has 0 aliphatic rings. The number of carbonyl (C=O) groups excluding carboxylic acids is 1. The molecule has 1 amide bonds. The molecular weight excluding hydrogens is 327 g/mol. The molecule has 0 aliphatic heterocycles. The van der Waals surface area contributed by atoms with Gasteiger partial charge in [-0.25, -0.2) is 4.98 Å². The summed E-state index contributed by atoms with van der Waals surface area (Å²) < 4.78 is 0. The fraction of sp³-hybridized carbons (Fsp3) is 0.100. The van der Waals surface area contributed by atoms with E-state index in [4.69, 9.17) is 5.73 Å². The molecule has 0 aromatic carbocycles. The van der Waals surface area contributed by atoms with E-state index in [1.54, 1.807) is 18.5 Å². The van der Waals surface area contributed by atoms with Crippen molar-refractivity contribution >= 4 is 17.7 Å². The summed E-state index contributed by atoms with van der Waals surface area (Å²) in [6, 6.07) is 3.66. The molecule has 2 rings (SSSR count). The maximum Gasteiger partial charge on any atom is 0.209 e. The Hall–Kier alpha value is -0.786. The Bertz CT molecular complexity index is 490. The van der Waals surface area contributed by atoms with Gasteiger partial charge in [0.15, 0.2) is 5.82 Å². The van der Waals surface area contributed by atoms with E-state index >= 15 is 0 Å². The minimum atomic E-state index is -0.641. The van der Waals surface area contributed by atoms with Gasteiger partial charge in [0.1, 0.15) is 0 Å². The predicted molar refractivity (Wildman–Crippen MR) is 66.1 cm³/mol. The van der Waals surface area contributed by atoms with Crippen LogP contribution >= 0.6 is 11.8 Å². The Morgan fingerprint density at radius 2 is 2.28 bits per heavy atom. The first-order valence-electron chi connectivity index (χ1n) is 4.46. The Kier molecular flexibility index (Phi) is 7.98. The fourth-order valence-corrected chi connectivity index (χ4v) is 1.60. The standard InChI is InChI=1S/C9H9N5OS.CH3.Y/c10-7(15)5-16-9-12-8(13-14-9)6-2-1-3-11-4-6;;/h1-4H,5H2,(H3,10,12,13,14,15);1H3;/q;-1;/p-1. The van der Waals surface area contributed by atoms with Gasteiger partial charge >= 0.3 is 0 Å². The molecule has 1 radical (unpaired) electrons. The van der Waals surface area contributed by atoms with Crippen molar-refractivity contribution in [3.63, 3.8) is 0 Å². The van der Waals surface area contributed by atoms with Gasteiger partial charge in [0.2, 0.25) is 5.16 Å². The molecule has 2 heterocycles. The maximum absolute atomic E-state index is 10.5. The van der Waals surface area contributed by atoms with Gasteiger partial charge in [-0.05, 0) is 12.1 Å². The number of aromatic amines is 1. The van der Waals surface area contributed by atoms with Crippen LogP contribution in [-0.4, -0.2) is 31.8 Å². The summed E-state index contributed by atoms with van der Waals surface area (Å²) in [6.07, 6.45) is 3.35. The van der Waals surface area contributed by atoms with Crippen molar-refractivity contribution in [1.29, 1.82) is 0 Å². The van der Waals surface area contributed by atoms with Gasteiger partial charge in [0.05, 0.1) is 5.91 Å². The van der Waals surface area contributed by atoms with Crippen LogP contribution in [0.1, 0.15) is 0 Å². The zero-order valence-corrected chi connectivity index (χ0v) is 13.4. The molecule has 8 heteroatoms. The summed E-state index contributed by atoms with van der Waals surface area (Å²) in [5, 5.41) is 7.14. The van der Waals surface area contributed by atoms with Crippen LogP contribution < -0.4 is 0 Å². The van der Waals surface area contributed by atoms with E-state index in [9.17, 15) is 4.79 Å². The molecule has 0 saturated heterocycles. The van der Waals surface area contributed by atoms with Crippen molar-refractivity contribution in [2.45, 2.75) is 5.16 Å². The quantitative estimate of drug-likeness (QED) is 0.679. The van der Waals surface area contributed by atoms with Gasteiger partial charge in [-0.15, -0.1) is 5.10 Å². The molecule has 0 bridgehead atoms. The summed E-state index contributed by atoms with van der Waals surface area (Å²) >= 11 is 1.13. The van der Waals surface area contributed by atoms with Crippen molar-refractivity contribution < 1.29 is 37.5 Å². The second-order valence-corrected chi connectivity index (χ2v) is 3.86. The van der Waals surface area contributed by atoms with Gasteiger partial charge in [-0.3, -0.25) is 10.1 Å². The van der Waals surface area contributed by atoms with Crippen LogP contribution in [0.15, 0.2) is 29.7 Å². The number of H-pyrrole nitrogens is 1. The van der Waals surface area contributed by atoms with Crippen molar-refractivity contribution in [3.05, 3.63) is 37.7 Å². The molecule has 18 heavy (non-hydrogen) atoms. The molecule has 93 valence electrons. The zero-order chi connectivity index (χ0) is 11.4. The van der Waals surface area contributed by atoms with Crippen LogP contribution in [0.5, 0.6) is 0 Å². The van der Waals surface area contributed by atoms with Crippen LogP contribution in [0.4, 0.5) is 0 Å². The first-order chi connectivity index (χ1) is 7.75. The van der Waals surface area contributed by atoms with E-state index in [1.165, 1.54) is 0 Å². The number of nitrogens with zero attached hydrogens (tertiary/aromatic N) is 3. The third kappa shape index (κ3) is 4.83. The Morgan fingerprint density at radius 1 is 1.50 bits per heavy atom. The largest absolute Gasteiger partial charge is 0.667 e. The van der Waals surface area contributed by atoms with Gasteiger partial charge in [-0.2, -0.15) is 0 Å². The number of nitrogens with one attached hydrogen (secondary N) is 2. The van der Waals surface area contributed by atoms with Gasteiger partial charge in [-0.1, -0.05) is 11.8 Å². The van der Waals surface area contributed by atoms with E-state index in [0.29, 0.717) is 11.0 Å². The first-order valence-corrected chi connectivity index (χ1v) is 5.44. The van der Waals surface area contributed by atoms with E-state index < -0.39 is 5.91 Å². The predicted octanol–water partition coefficient (Wildman–Crippen LogP) is 1.99. The van der Waals surface area contributed by atoms with Crippen LogP contribution in [0.3, 0.4) is 0 Å². The SMILES string of the molecule is [CH3-].[NH-]C(=O)CSc1n[nH]c(-c2cccnc2)n1.[Y]. The molecule has 2 aromatic heterocycles. The second-order valence-electron chi connectivity index (χ2n) is 2.92. The average Bonchev–Trinajstić information content (AvgIpc) is 2.76. The molecule has 0 fully saturated rings. The number of hydrogen-bond acceptors (Lipinski definition) is 5. The summed E-state index contributed by atoms with van der Waals surface area (Å²) in [5.74, 6) is 0.0235. The summed E-state index contributed by atoms with van der Waals surface area (Å²) in [6.45, 7) is 0. The molecular formula is C10H11N5OSY-2. The van der Waals surface area contributed by atoms with E-state index in [0.717, 1.165) is 17.3 Å². The number of carbonyl (C=O) groups is 1. The van der Waals surface area contributed by atoms with Gasteiger partial charge in [0, 0.05) is 56.4 Å². The molecule has 2 N–H and O–H groups in total. The zero-order valence-electron chi connectivity index (χ0n) is 9.75. The monoisotopic (exact) mass is 338 g/mol. The van der Waals surface area contributed by atoms with Crippen molar-refractivity contribution in [2.75, 3.05) is 5.75 Å². The van der Waals surface area contributed by atoms with Crippen molar-refractivity contribution in [1.82, 2.24) is 20.2 Å². The molecule has 0 spiro atoms. The topological polar surface area (TPSA) is 95.3 Å². The van der Waals surface area contributed by atoms with Gasteiger partial charge in [0.25, 0.3) is 0 Å². The Balaban J connectivity index is 0.00000144. The summed E-state index contributed by atoms with van der Waals surface area (Å²) in [4.78, 5) is 18.6. The number of aromatic nitrogens is 4. The first kappa shape index (κ1) is 17.2. The summed E-state index contributed by atoms with van der Waals surface area (Å²) in [5.41, 5.74) is 7.59. The summed E-state index contributed by atoms with van der Waals surface area (Å²) in [7, 11) is 0. The van der Waals surface area contributed by atoms with Crippen LogP contribution in [0.25, 0.3) is 17.1 Å². The Labute approximate surface area is 134 Å². The van der Waals surface area contributed by atoms with Crippen LogP contribution in [-0.2, 0) is 37.5 Å². The Morgan fingerprint density at radius 3 is 2.89 bits per heavy atom. The third-order valence-electron chi connectivity index (χ3n) is 1.73. The van der Waals surface area contributed by atoms with E-state index in [2.05, 4.69) is 20.2 Å². The number of hydrogen-bond donors (Lipinski definition) is 1. The van der Waals surface area contributed by atoms with Crippen molar-refractivity contribution in [3.8, 4) is 11.4 Å². The molecule has 2 aromatic rings. The van der Waals surface area contributed by atoms with Crippen molar-refractivity contribution in [2.24, 2.45) is 0 Å². The maximum atomic E-state index is 10.5. The average molecular weight is 338 g/mol. The number of amides is 1. The number of pyridine rings is 1. The van der Waals surface area contributed by atoms with Crippen LogP contribution in [0, 0.1) is 7.43 Å². The molecule has 0 aliphatic carbocycles.